The highest BCUT2D eigenvalue weighted by Crippen LogP contribution is 2.35. The monoisotopic (exact) mass is 256 g/mol. The number of carbonyl (C=O) groups excluding carboxylic acids is 1. The van der Waals surface area contributed by atoms with Crippen LogP contribution >= 0.6 is 0 Å². The van der Waals surface area contributed by atoms with Gasteiger partial charge in [-0.15, -0.1) is 0 Å². The topological polar surface area (TPSA) is 55.6 Å². The molecule has 0 radical (unpaired) electrons. The third-order valence-electron chi connectivity index (χ3n) is 3.69. The van der Waals surface area contributed by atoms with E-state index in [4.69, 9.17) is 10.5 Å². The molecule has 1 saturated carbocycles. The first kappa shape index (κ1) is 15.3. The molecule has 0 atom stereocenters. The van der Waals surface area contributed by atoms with E-state index in [2.05, 4.69) is 6.92 Å². The second kappa shape index (κ2) is 6.98. The van der Waals surface area contributed by atoms with Crippen molar-refractivity contribution in [2.24, 2.45) is 11.7 Å². The first-order chi connectivity index (χ1) is 8.55. The molecule has 0 aliphatic heterocycles. The minimum absolute atomic E-state index is 0.149. The maximum Gasteiger partial charge on any atom is 0.410 e. The van der Waals surface area contributed by atoms with E-state index in [0.29, 0.717) is 19.1 Å². The predicted octanol–water partition coefficient (Wildman–Crippen LogP) is 2.76. The highest BCUT2D eigenvalue weighted by Gasteiger charge is 2.41. The quantitative estimate of drug-likeness (QED) is 0.795. The number of hydrogen-bond donors (Lipinski definition) is 1. The van der Waals surface area contributed by atoms with Crippen LogP contribution in [0.15, 0.2) is 0 Å². The summed E-state index contributed by atoms with van der Waals surface area (Å²) in [7, 11) is 0. The van der Waals surface area contributed by atoms with Crippen LogP contribution in [0.5, 0.6) is 0 Å². The number of nitrogens with two attached hydrogens (primary N) is 1. The van der Waals surface area contributed by atoms with Crippen LogP contribution in [0.2, 0.25) is 0 Å². The summed E-state index contributed by atoms with van der Waals surface area (Å²) < 4.78 is 5.39. The molecule has 1 aliphatic rings. The molecule has 4 heteroatoms. The largest absolute Gasteiger partial charge is 0.449 e. The summed E-state index contributed by atoms with van der Waals surface area (Å²) >= 11 is 0. The lowest BCUT2D eigenvalue weighted by atomic mass is 9.95. The van der Waals surface area contributed by atoms with Crippen molar-refractivity contribution in [3.8, 4) is 0 Å². The smallest absolute Gasteiger partial charge is 0.410 e. The van der Waals surface area contributed by atoms with Gasteiger partial charge in [0, 0.05) is 13.1 Å². The molecular formula is C14H28N2O2. The van der Waals surface area contributed by atoms with Crippen LogP contribution in [0, 0.1) is 5.92 Å². The molecule has 1 aliphatic carbocycles. The van der Waals surface area contributed by atoms with Crippen LogP contribution in [-0.2, 0) is 4.74 Å². The molecule has 0 aromatic carbocycles. The van der Waals surface area contributed by atoms with Gasteiger partial charge >= 0.3 is 6.09 Å². The van der Waals surface area contributed by atoms with Gasteiger partial charge in [0.2, 0.25) is 0 Å². The average molecular weight is 256 g/mol. The molecule has 0 heterocycles. The van der Waals surface area contributed by atoms with Crippen LogP contribution < -0.4 is 5.73 Å². The van der Waals surface area contributed by atoms with Crippen LogP contribution in [0.3, 0.4) is 0 Å². The molecule has 0 saturated heterocycles. The Bertz CT molecular complexity index is 261. The second-order valence-electron chi connectivity index (χ2n) is 5.76. The molecular weight excluding hydrogens is 228 g/mol. The number of carbonyl (C=O) groups is 1. The van der Waals surface area contributed by atoms with Gasteiger partial charge < -0.3 is 15.4 Å². The molecule has 0 aromatic heterocycles. The summed E-state index contributed by atoms with van der Waals surface area (Å²) in [6.07, 6.45) is 5.11. The summed E-state index contributed by atoms with van der Waals surface area (Å²) in [5.74, 6) is 0.370. The molecule has 1 rings (SSSR count). The lowest BCUT2D eigenvalue weighted by Gasteiger charge is -2.39. The zero-order valence-corrected chi connectivity index (χ0v) is 12.1. The molecule has 18 heavy (non-hydrogen) atoms. The van der Waals surface area contributed by atoms with Crippen molar-refractivity contribution in [3.63, 3.8) is 0 Å². The van der Waals surface area contributed by atoms with Gasteiger partial charge in [0.25, 0.3) is 0 Å². The van der Waals surface area contributed by atoms with Gasteiger partial charge in [0.1, 0.15) is 0 Å². The second-order valence-corrected chi connectivity index (χ2v) is 5.76. The van der Waals surface area contributed by atoms with Gasteiger partial charge in [0.15, 0.2) is 0 Å². The molecule has 1 fully saturated rings. The first-order valence-corrected chi connectivity index (χ1v) is 7.20. The Morgan fingerprint density at radius 3 is 2.44 bits per heavy atom. The fourth-order valence-corrected chi connectivity index (χ4v) is 2.68. The van der Waals surface area contributed by atoms with E-state index < -0.39 is 0 Å². The number of hydrogen-bond acceptors (Lipinski definition) is 3. The van der Waals surface area contributed by atoms with Crippen molar-refractivity contribution in [2.45, 2.75) is 58.4 Å². The molecule has 4 nitrogen and oxygen atoms in total. The summed E-state index contributed by atoms with van der Waals surface area (Å²) in [6.45, 7) is 7.96. The normalized spacial score (nSPS) is 18.1. The lowest BCUT2D eigenvalue weighted by Crippen LogP contribution is -2.55. The van der Waals surface area contributed by atoms with Crippen molar-refractivity contribution in [2.75, 3.05) is 19.7 Å². The number of nitrogens with zero attached hydrogens (tertiary/aromatic N) is 1. The Hall–Kier alpha value is -0.770. The fraction of sp³-hybridized carbons (Fsp3) is 0.929. The van der Waals surface area contributed by atoms with Gasteiger partial charge in [-0.2, -0.15) is 0 Å². The molecule has 106 valence electrons. The van der Waals surface area contributed by atoms with Crippen LogP contribution in [0.25, 0.3) is 0 Å². The fourth-order valence-electron chi connectivity index (χ4n) is 2.68. The Labute approximate surface area is 111 Å². The van der Waals surface area contributed by atoms with Crippen LogP contribution in [0.1, 0.15) is 52.9 Å². The van der Waals surface area contributed by atoms with Crippen LogP contribution in [-0.4, -0.2) is 36.2 Å². The summed E-state index contributed by atoms with van der Waals surface area (Å²) in [5.41, 5.74) is 5.80. The van der Waals surface area contributed by atoms with E-state index in [1.54, 1.807) is 0 Å². The van der Waals surface area contributed by atoms with Crippen molar-refractivity contribution < 1.29 is 9.53 Å². The Morgan fingerprint density at radius 2 is 2.00 bits per heavy atom. The van der Waals surface area contributed by atoms with E-state index in [-0.39, 0.29) is 11.6 Å². The van der Waals surface area contributed by atoms with Gasteiger partial charge in [-0.25, -0.2) is 4.79 Å². The minimum Gasteiger partial charge on any atom is -0.449 e. The third kappa shape index (κ3) is 3.61. The van der Waals surface area contributed by atoms with Crippen molar-refractivity contribution in [1.82, 2.24) is 4.90 Å². The first-order valence-electron chi connectivity index (χ1n) is 7.20. The van der Waals surface area contributed by atoms with Crippen molar-refractivity contribution in [3.05, 3.63) is 0 Å². The van der Waals surface area contributed by atoms with E-state index >= 15 is 0 Å². The molecule has 2 N–H and O–H groups in total. The number of ether oxygens (including phenoxy) is 1. The molecule has 0 spiro atoms. The van der Waals surface area contributed by atoms with E-state index in [1.165, 1.54) is 0 Å². The Kier molecular flexibility index (Phi) is 5.93. The van der Waals surface area contributed by atoms with Gasteiger partial charge in [-0.1, -0.05) is 33.6 Å². The molecule has 0 bridgehead atoms. The summed E-state index contributed by atoms with van der Waals surface area (Å²) in [5, 5.41) is 0. The molecule has 1 amide bonds. The lowest BCUT2D eigenvalue weighted by molar-refractivity contribution is 0.0470. The SMILES string of the molecule is CCCN(C(=O)OCC(C)C)C1(CN)CCCC1. The van der Waals surface area contributed by atoms with Gasteiger partial charge in [0.05, 0.1) is 12.1 Å². The zero-order valence-electron chi connectivity index (χ0n) is 12.1. The van der Waals surface area contributed by atoms with Gasteiger partial charge in [-0.3, -0.25) is 0 Å². The molecule has 0 aromatic rings. The van der Waals surface area contributed by atoms with Crippen molar-refractivity contribution >= 4 is 6.09 Å². The Morgan fingerprint density at radius 1 is 1.39 bits per heavy atom. The maximum atomic E-state index is 12.2. The van der Waals surface area contributed by atoms with E-state index in [0.717, 1.165) is 38.6 Å². The zero-order chi connectivity index (χ0) is 13.6. The van der Waals surface area contributed by atoms with Gasteiger partial charge in [-0.05, 0) is 25.2 Å². The summed E-state index contributed by atoms with van der Waals surface area (Å²) in [6, 6.07) is 0. The Balaban J connectivity index is 2.70. The molecule has 0 unspecified atom stereocenters. The maximum absolute atomic E-state index is 12.2. The van der Waals surface area contributed by atoms with Crippen LogP contribution in [0.4, 0.5) is 4.79 Å². The summed E-state index contributed by atoms with van der Waals surface area (Å²) in [4.78, 5) is 14.1. The number of rotatable bonds is 6. The van der Waals surface area contributed by atoms with E-state index in [1.807, 2.05) is 18.7 Å². The average Bonchev–Trinajstić information content (AvgIpc) is 2.82. The highest BCUT2D eigenvalue weighted by atomic mass is 16.6. The van der Waals surface area contributed by atoms with E-state index in [9.17, 15) is 4.79 Å². The predicted molar refractivity (Wildman–Crippen MR) is 73.4 cm³/mol. The highest BCUT2D eigenvalue weighted by molar-refractivity contribution is 5.69. The van der Waals surface area contributed by atoms with Crippen molar-refractivity contribution in [1.29, 1.82) is 0 Å². The minimum atomic E-state index is -0.182. The standard InChI is InChI=1S/C14H28N2O2/c1-4-9-16(13(17)18-10-12(2)3)14(11-15)7-5-6-8-14/h12H,4-11,15H2,1-3H3. The third-order valence-corrected chi connectivity index (χ3v) is 3.69. The number of amides is 1.